The molecule has 2 N–H and O–H groups in total. The Hall–Kier alpha value is -1.91. The molecule has 1 aromatic carbocycles. The number of hydrogen-bond acceptors (Lipinski definition) is 3. The number of aliphatic hydroxyl groups is 1. The van der Waals surface area contributed by atoms with Gasteiger partial charge in [0.25, 0.3) is 5.91 Å². The zero-order valence-corrected chi connectivity index (χ0v) is 10.2. The van der Waals surface area contributed by atoms with E-state index >= 15 is 0 Å². The molecule has 2 aromatic rings. The first-order valence-electron chi connectivity index (χ1n) is 5.31. The van der Waals surface area contributed by atoms with Gasteiger partial charge in [-0.3, -0.25) is 9.78 Å². The van der Waals surface area contributed by atoms with E-state index in [9.17, 15) is 4.79 Å². The summed E-state index contributed by atoms with van der Waals surface area (Å²) in [5, 5.41) is 12.0. The van der Waals surface area contributed by atoms with E-state index in [1.54, 1.807) is 30.3 Å². The molecule has 0 saturated carbocycles. The van der Waals surface area contributed by atoms with E-state index in [0.29, 0.717) is 16.3 Å². The highest BCUT2D eigenvalue weighted by Crippen LogP contribution is 2.16. The number of pyridine rings is 1. The third-order valence-electron chi connectivity index (χ3n) is 2.38. The van der Waals surface area contributed by atoms with Crippen LogP contribution in [0.4, 0.5) is 5.69 Å². The number of carbonyl (C=O) groups excluding carboxylic acids is 1. The van der Waals surface area contributed by atoms with E-state index < -0.39 is 0 Å². The number of halogens is 1. The van der Waals surface area contributed by atoms with Crippen LogP contribution in [0.5, 0.6) is 0 Å². The van der Waals surface area contributed by atoms with Crippen molar-refractivity contribution in [3.63, 3.8) is 0 Å². The average molecular weight is 263 g/mol. The van der Waals surface area contributed by atoms with E-state index in [0.717, 1.165) is 5.56 Å². The molecule has 0 saturated heterocycles. The molecule has 0 fully saturated rings. The first-order chi connectivity index (χ1) is 8.70. The molecule has 0 spiro atoms. The van der Waals surface area contributed by atoms with Crippen LogP contribution in [0.1, 0.15) is 15.9 Å². The number of hydrogen-bond donors (Lipinski definition) is 2. The highest BCUT2D eigenvalue weighted by atomic mass is 35.5. The van der Waals surface area contributed by atoms with Crippen LogP contribution >= 0.6 is 11.6 Å². The van der Waals surface area contributed by atoms with Crippen molar-refractivity contribution in [3.8, 4) is 0 Å². The van der Waals surface area contributed by atoms with E-state index in [1.165, 1.54) is 12.4 Å². The first kappa shape index (κ1) is 12.5. The Labute approximate surface area is 109 Å². The normalized spacial score (nSPS) is 10.1. The van der Waals surface area contributed by atoms with E-state index in [4.69, 9.17) is 16.7 Å². The summed E-state index contributed by atoms with van der Waals surface area (Å²) in [6.45, 7) is -0.0697. The quantitative estimate of drug-likeness (QED) is 0.893. The highest BCUT2D eigenvalue weighted by Gasteiger charge is 2.10. The lowest BCUT2D eigenvalue weighted by Gasteiger charge is -2.07. The van der Waals surface area contributed by atoms with Gasteiger partial charge in [0.2, 0.25) is 0 Å². The third kappa shape index (κ3) is 2.85. The van der Waals surface area contributed by atoms with Crippen molar-refractivity contribution in [2.75, 3.05) is 5.32 Å². The van der Waals surface area contributed by atoms with Gasteiger partial charge in [-0.15, -0.1) is 0 Å². The van der Waals surface area contributed by atoms with Gasteiger partial charge in [-0.1, -0.05) is 23.7 Å². The number of nitrogens with zero attached hydrogens (tertiary/aromatic N) is 1. The van der Waals surface area contributed by atoms with Crippen LogP contribution in [-0.2, 0) is 6.61 Å². The fourth-order valence-corrected chi connectivity index (χ4v) is 1.71. The molecular weight excluding hydrogens is 252 g/mol. The zero-order valence-electron chi connectivity index (χ0n) is 9.43. The first-order valence-corrected chi connectivity index (χ1v) is 5.69. The summed E-state index contributed by atoms with van der Waals surface area (Å²) < 4.78 is 0. The van der Waals surface area contributed by atoms with Crippen LogP contribution in [0.25, 0.3) is 0 Å². The maximum Gasteiger partial charge on any atom is 0.257 e. The number of rotatable bonds is 3. The SMILES string of the molecule is O=C(Nc1cccc(CO)c1)c1ccncc1Cl. The second kappa shape index (κ2) is 5.62. The maximum atomic E-state index is 11.9. The molecule has 5 heteroatoms. The number of benzene rings is 1. The summed E-state index contributed by atoms with van der Waals surface area (Å²) in [5.74, 6) is -0.308. The van der Waals surface area contributed by atoms with Crippen molar-refractivity contribution in [1.29, 1.82) is 0 Å². The fraction of sp³-hybridized carbons (Fsp3) is 0.0769. The molecular formula is C13H11ClN2O2. The van der Waals surface area contributed by atoms with E-state index in [-0.39, 0.29) is 12.5 Å². The van der Waals surface area contributed by atoms with E-state index in [1.807, 2.05) is 0 Å². The number of carbonyl (C=O) groups is 1. The lowest BCUT2D eigenvalue weighted by Crippen LogP contribution is -2.12. The summed E-state index contributed by atoms with van der Waals surface area (Å²) in [4.78, 5) is 15.8. The Morgan fingerprint density at radius 1 is 1.39 bits per heavy atom. The number of aromatic nitrogens is 1. The number of aliphatic hydroxyl groups excluding tert-OH is 1. The smallest absolute Gasteiger partial charge is 0.257 e. The van der Waals surface area contributed by atoms with Crippen molar-refractivity contribution in [2.45, 2.75) is 6.61 Å². The summed E-state index contributed by atoms with van der Waals surface area (Å²) in [7, 11) is 0. The maximum absolute atomic E-state index is 11.9. The van der Waals surface area contributed by atoms with Crippen LogP contribution in [0, 0.1) is 0 Å². The van der Waals surface area contributed by atoms with Crippen LogP contribution < -0.4 is 5.32 Å². The van der Waals surface area contributed by atoms with Crippen molar-refractivity contribution in [2.24, 2.45) is 0 Å². The number of anilines is 1. The third-order valence-corrected chi connectivity index (χ3v) is 2.69. The van der Waals surface area contributed by atoms with Crippen molar-refractivity contribution in [1.82, 2.24) is 4.98 Å². The predicted molar refractivity (Wildman–Crippen MR) is 69.6 cm³/mol. The molecule has 0 aliphatic rings. The molecule has 0 unspecified atom stereocenters. The number of amides is 1. The molecule has 1 aromatic heterocycles. The highest BCUT2D eigenvalue weighted by molar-refractivity contribution is 6.34. The van der Waals surface area contributed by atoms with Crippen molar-refractivity contribution in [3.05, 3.63) is 58.9 Å². The minimum absolute atomic E-state index is 0.0697. The molecule has 1 amide bonds. The van der Waals surface area contributed by atoms with Crippen molar-refractivity contribution >= 4 is 23.2 Å². The zero-order chi connectivity index (χ0) is 13.0. The van der Waals surface area contributed by atoms with Crippen LogP contribution in [0.2, 0.25) is 5.02 Å². The summed E-state index contributed by atoms with van der Waals surface area (Å²) in [6, 6.07) is 8.52. The van der Waals surface area contributed by atoms with Gasteiger partial charge in [0.05, 0.1) is 17.2 Å². The topological polar surface area (TPSA) is 62.2 Å². The Morgan fingerprint density at radius 2 is 2.22 bits per heavy atom. The minimum Gasteiger partial charge on any atom is -0.392 e. The van der Waals surface area contributed by atoms with Gasteiger partial charge in [0.15, 0.2) is 0 Å². The van der Waals surface area contributed by atoms with Gasteiger partial charge in [0.1, 0.15) is 0 Å². The largest absolute Gasteiger partial charge is 0.392 e. The Morgan fingerprint density at radius 3 is 2.94 bits per heavy atom. The molecule has 0 aliphatic carbocycles. The second-order valence-electron chi connectivity index (χ2n) is 3.67. The Balaban J connectivity index is 2.19. The summed E-state index contributed by atoms with van der Waals surface area (Å²) in [5.41, 5.74) is 1.70. The van der Waals surface area contributed by atoms with Crippen LogP contribution in [-0.4, -0.2) is 16.0 Å². The van der Waals surface area contributed by atoms with Crippen molar-refractivity contribution < 1.29 is 9.90 Å². The molecule has 4 nitrogen and oxygen atoms in total. The molecule has 0 radical (unpaired) electrons. The molecule has 0 aliphatic heterocycles. The van der Waals surface area contributed by atoms with E-state index in [2.05, 4.69) is 10.3 Å². The summed E-state index contributed by atoms with van der Waals surface area (Å²) >= 11 is 5.88. The minimum atomic E-state index is -0.308. The fourth-order valence-electron chi connectivity index (χ4n) is 1.51. The molecule has 2 rings (SSSR count). The Kier molecular flexibility index (Phi) is 3.92. The van der Waals surface area contributed by atoms with Crippen LogP contribution in [0.15, 0.2) is 42.7 Å². The molecule has 18 heavy (non-hydrogen) atoms. The van der Waals surface area contributed by atoms with Gasteiger partial charge in [-0.05, 0) is 23.8 Å². The second-order valence-corrected chi connectivity index (χ2v) is 4.08. The molecule has 92 valence electrons. The van der Waals surface area contributed by atoms with Gasteiger partial charge in [-0.2, -0.15) is 0 Å². The summed E-state index contributed by atoms with van der Waals surface area (Å²) in [6.07, 6.45) is 2.92. The number of nitrogens with one attached hydrogen (secondary N) is 1. The van der Waals surface area contributed by atoms with Gasteiger partial charge in [-0.25, -0.2) is 0 Å². The standard InChI is InChI=1S/C13H11ClN2O2/c14-12-7-15-5-4-11(12)13(18)16-10-3-1-2-9(6-10)8-17/h1-7,17H,8H2,(H,16,18). The lowest BCUT2D eigenvalue weighted by atomic mass is 10.2. The van der Waals surface area contributed by atoms with Crippen LogP contribution in [0.3, 0.4) is 0 Å². The average Bonchev–Trinajstić information content (AvgIpc) is 2.39. The molecule has 0 bridgehead atoms. The predicted octanol–water partition coefficient (Wildman–Crippen LogP) is 2.48. The monoisotopic (exact) mass is 262 g/mol. The van der Waals surface area contributed by atoms with Gasteiger partial charge >= 0.3 is 0 Å². The Bertz CT molecular complexity index is 572. The molecule has 1 heterocycles. The lowest BCUT2D eigenvalue weighted by molar-refractivity contribution is 0.102. The van der Waals surface area contributed by atoms with Gasteiger partial charge < -0.3 is 10.4 Å². The molecule has 0 atom stereocenters. The van der Waals surface area contributed by atoms with Gasteiger partial charge in [0, 0.05) is 18.1 Å².